The monoisotopic (exact) mass is 572 g/mol. The Labute approximate surface area is 213 Å². The summed E-state index contributed by atoms with van der Waals surface area (Å²) in [6.07, 6.45) is 2.09. The van der Waals surface area contributed by atoms with Gasteiger partial charge in [0, 0.05) is 37.7 Å². The maximum Gasteiger partial charge on any atom is 0.191 e. The van der Waals surface area contributed by atoms with Gasteiger partial charge in [-0.05, 0) is 36.8 Å². The largest absolute Gasteiger partial charge is 0.379 e. The summed E-state index contributed by atoms with van der Waals surface area (Å²) in [6.45, 7) is 9.59. The van der Waals surface area contributed by atoms with E-state index in [1.54, 1.807) is 0 Å². The fourth-order valence-electron chi connectivity index (χ4n) is 3.58. The molecule has 1 atom stereocenters. The number of hydrogen-bond acceptors (Lipinski definition) is 5. The topological polar surface area (TPSA) is 58.1 Å². The summed E-state index contributed by atoms with van der Waals surface area (Å²) in [6, 6.07) is 15.0. The fraction of sp³-hybridized carbons (Fsp3) is 0.542. The van der Waals surface area contributed by atoms with E-state index in [2.05, 4.69) is 52.1 Å². The van der Waals surface area contributed by atoms with E-state index in [1.807, 2.05) is 29.5 Å². The van der Waals surface area contributed by atoms with Crippen LogP contribution in [0.2, 0.25) is 0 Å². The van der Waals surface area contributed by atoms with Crippen molar-refractivity contribution in [3.05, 3.63) is 58.3 Å². The Kier molecular flexibility index (Phi) is 13.9. The lowest BCUT2D eigenvalue weighted by Crippen LogP contribution is -2.41. The summed E-state index contributed by atoms with van der Waals surface area (Å²) in [5.74, 6) is 0.891. The highest BCUT2D eigenvalue weighted by atomic mass is 127. The molecule has 1 aromatic carbocycles. The molecule has 1 unspecified atom stereocenters. The average molecular weight is 573 g/mol. The maximum atomic E-state index is 5.77. The molecule has 1 aliphatic heterocycles. The minimum atomic E-state index is 0. The number of nitrogens with zero attached hydrogens (tertiary/aromatic N) is 2. The van der Waals surface area contributed by atoms with E-state index in [0.29, 0.717) is 12.6 Å². The highest BCUT2D eigenvalue weighted by Crippen LogP contribution is 2.26. The molecule has 1 aliphatic rings. The maximum absolute atomic E-state index is 5.77. The first-order chi connectivity index (χ1) is 15.4. The van der Waals surface area contributed by atoms with Crippen molar-refractivity contribution in [3.8, 4) is 0 Å². The molecular formula is C24H37IN4O2S. The molecule has 1 saturated heterocycles. The van der Waals surface area contributed by atoms with Crippen LogP contribution in [0.1, 0.15) is 36.2 Å². The molecule has 8 heteroatoms. The fourth-order valence-corrected chi connectivity index (χ4v) is 4.43. The van der Waals surface area contributed by atoms with Crippen molar-refractivity contribution >= 4 is 41.3 Å². The Balaban J connectivity index is 0.00000363. The number of morpholine rings is 1. The van der Waals surface area contributed by atoms with Crippen LogP contribution in [0, 0.1) is 0 Å². The van der Waals surface area contributed by atoms with E-state index in [-0.39, 0.29) is 24.0 Å². The molecule has 2 heterocycles. The molecule has 1 fully saturated rings. The highest BCUT2D eigenvalue weighted by Gasteiger charge is 2.23. The molecule has 2 aromatic rings. The number of benzene rings is 1. The normalized spacial score (nSPS) is 15.7. The zero-order valence-electron chi connectivity index (χ0n) is 19.0. The Morgan fingerprint density at radius 2 is 1.94 bits per heavy atom. The molecule has 0 spiro atoms. The van der Waals surface area contributed by atoms with Crippen LogP contribution < -0.4 is 10.6 Å². The van der Waals surface area contributed by atoms with E-state index < -0.39 is 0 Å². The lowest BCUT2D eigenvalue weighted by molar-refractivity contribution is 0.0186. The Hall–Kier alpha value is -1.20. The average Bonchev–Trinajstić information content (AvgIpc) is 3.34. The first-order valence-corrected chi connectivity index (χ1v) is 12.2. The van der Waals surface area contributed by atoms with Crippen LogP contribution in [0.25, 0.3) is 0 Å². The van der Waals surface area contributed by atoms with Crippen LogP contribution in [-0.4, -0.2) is 63.4 Å². The summed E-state index contributed by atoms with van der Waals surface area (Å²) < 4.78 is 11.3. The first-order valence-electron chi connectivity index (χ1n) is 11.4. The Morgan fingerprint density at radius 3 is 2.66 bits per heavy atom. The number of hydrogen-bond donors (Lipinski definition) is 2. The molecular weight excluding hydrogens is 535 g/mol. The van der Waals surface area contributed by atoms with E-state index in [4.69, 9.17) is 14.5 Å². The third-order valence-electron chi connectivity index (χ3n) is 5.24. The number of guanidine groups is 1. The Bertz CT molecular complexity index is 740. The zero-order chi connectivity index (χ0) is 21.6. The second kappa shape index (κ2) is 16.4. The molecule has 0 saturated carbocycles. The first kappa shape index (κ1) is 27.0. The van der Waals surface area contributed by atoms with Gasteiger partial charge in [-0.25, -0.2) is 0 Å². The molecule has 6 nitrogen and oxygen atoms in total. The minimum absolute atomic E-state index is 0. The van der Waals surface area contributed by atoms with Gasteiger partial charge in [-0.1, -0.05) is 36.4 Å². The van der Waals surface area contributed by atoms with Gasteiger partial charge < -0.3 is 20.1 Å². The van der Waals surface area contributed by atoms with E-state index >= 15 is 0 Å². The summed E-state index contributed by atoms with van der Waals surface area (Å²) in [7, 11) is 0. The molecule has 0 amide bonds. The lowest BCUT2D eigenvalue weighted by atomic mass is 10.2. The molecule has 1 aromatic heterocycles. The molecule has 0 bridgehead atoms. The number of halogens is 1. The van der Waals surface area contributed by atoms with Crippen molar-refractivity contribution in [1.82, 2.24) is 15.5 Å². The number of unbranched alkanes of at least 4 members (excludes halogenated alkanes) is 1. The minimum Gasteiger partial charge on any atom is -0.379 e. The van der Waals surface area contributed by atoms with Gasteiger partial charge >= 0.3 is 0 Å². The van der Waals surface area contributed by atoms with Crippen LogP contribution in [0.5, 0.6) is 0 Å². The van der Waals surface area contributed by atoms with Crippen molar-refractivity contribution in [1.29, 1.82) is 0 Å². The molecule has 2 N–H and O–H groups in total. The van der Waals surface area contributed by atoms with Gasteiger partial charge in [-0.15, -0.1) is 35.3 Å². The van der Waals surface area contributed by atoms with Crippen molar-refractivity contribution in [2.24, 2.45) is 4.99 Å². The van der Waals surface area contributed by atoms with Gasteiger partial charge in [0.25, 0.3) is 0 Å². The number of rotatable bonds is 12. The quantitative estimate of drug-likeness (QED) is 0.172. The van der Waals surface area contributed by atoms with E-state index in [1.165, 1.54) is 10.4 Å². The number of aliphatic imine (C=N–C) groups is 1. The van der Waals surface area contributed by atoms with Crippen molar-refractivity contribution in [2.45, 2.75) is 32.4 Å². The van der Waals surface area contributed by atoms with Crippen molar-refractivity contribution in [2.75, 3.05) is 52.5 Å². The van der Waals surface area contributed by atoms with Gasteiger partial charge in [-0.3, -0.25) is 9.89 Å². The predicted molar refractivity (Wildman–Crippen MR) is 144 cm³/mol. The smallest absolute Gasteiger partial charge is 0.191 e. The van der Waals surface area contributed by atoms with Gasteiger partial charge in [0.1, 0.15) is 0 Å². The van der Waals surface area contributed by atoms with Gasteiger partial charge in [0.15, 0.2) is 5.96 Å². The highest BCUT2D eigenvalue weighted by molar-refractivity contribution is 14.0. The van der Waals surface area contributed by atoms with Crippen molar-refractivity contribution < 1.29 is 9.47 Å². The summed E-state index contributed by atoms with van der Waals surface area (Å²) in [4.78, 5) is 8.77. The van der Waals surface area contributed by atoms with Crippen LogP contribution in [0.4, 0.5) is 0 Å². The summed E-state index contributed by atoms with van der Waals surface area (Å²) in [5, 5.41) is 9.00. The molecule has 0 radical (unpaired) electrons. The van der Waals surface area contributed by atoms with Gasteiger partial charge in [0.2, 0.25) is 0 Å². The van der Waals surface area contributed by atoms with Gasteiger partial charge in [-0.2, -0.15) is 0 Å². The number of ether oxygens (including phenoxy) is 2. The van der Waals surface area contributed by atoms with Crippen LogP contribution in [0.3, 0.4) is 0 Å². The van der Waals surface area contributed by atoms with E-state index in [9.17, 15) is 0 Å². The summed E-state index contributed by atoms with van der Waals surface area (Å²) >= 11 is 1.81. The van der Waals surface area contributed by atoms with Crippen LogP contribution in [0.15, 0.2) is 52.8 Å². The number of thiophene rings is 1. The standard InChI is InChI=1S/C24H36N4O2S.HI/c1-2-25-24(26-12-6-7-15-30-20-21-9-4-3-5-10-21)27-19-22(23-11-8-18-31-23)28-13-16-29-17-14-28;/h3-5,8-11,18,22H,2,6-7,12-17,19-20H2,1H3,(H2,25,26,27);1H. The second-order valence-electron chi connectivity index (χ2n) is 7.57. The Morgan fingerprint density at radius 1 is 1.12 bits per heavy atom. The molecule has 178 valence electrons. The van der Waals surface area contributed by atoms with Crippen LogP contribution in [-0.2, 0) is 16.1 Å². The third kappa shape index (κ3) is 9.74. The van der Waals surface area contributed by atoms with Crippen LogP contribution >= 0.6 is 35.3 Å². The zero-order valence-corrected chi connectivity index (χ0v) is 22.1. The van der Waals surface area contributed by atoms with Crippen molar-refractivity contribution in [3.63, 3.8) is 0 Å². The van der Waals surface area contributed by atoms with E-state index in [0.717, 1.165) is 71.3 Å². The lowest BCUT2D eigenvalue weighted by Gasteiger charge is -2.33. The summed E-state index contributed by atoms with van der Waals surface area (Å²) in [5.41, 5.74) is 1.22. The third-order valence-corrected chi connectivity index (χ3v) is 6.22. The molecule has 32 heavy (non-hydrogen) atoms. The molecule has 3 rings (SSSR count). The molecule has 0 aliphatic carbocycles. The number of nitrogens with one attached hydrogen (secondary N) is 2. The predicted octanol–water partition coefficient (Wildman–Crippen LogP) is 4.29. The second-order valence-corrected chi connectivity index (χ2v) is 8.55. The van der Waals surface area contributed by atoms with Gasteiger partial charge in [0.05, 0.1) is 32.4 Å². The SMILES string of the molecule is CCNC(=NCC(c1cccs1)N1CCOCC1)NCCCCOCc1ccccc1.I.